The van der Waals surface area contributed by atoms with E-state index in [0.717, 1.165) is 0 Å². The average molecular weight is 435 g/mol. The minimum atomic E-state index is -0.489. The van der Waals surface area contributed by atoms with Crippen LogP contribution < -0.4 is 30.5 Å². The van der Waals surface area contributed by atoms with Gasteiger partial charge in [-0.3, -0.25) is 10.1 Å². The van der Waals surface area contributed by atoms with Crippen molar-refractivity contribution in [3.05, 3.63) is 82.2 Å². The van der Waals surface area contributed by atoms with Crippen LogP contribution in [0.15, 0.2) is 72.1 Å². The Hall–Kier alpha value is -4.67. The number of nitrogens with zero attached hydrogens (tertiary/aromatic N) is 2. The molecule has 0 saturated heterocycles. The number of H-pyrrole nitrogens is 1. The molecule has 0 fully saturated rings. The lowest BCUT2D eigenvalue weighted by molar-refractivity contribution is -0.384. The second kappa shape index (κ2) is 8.60. The number of anilines is 2. The number of benzene rings is 2. The minimum absolute atomic E-state index is 0.0723. The molecule has 0 amide bonds. The first kappa shape index (κ1) is 20.6. The number of dihydropyridines is 1. The number of nitrogens with one attached hydrogen (secondary N) is 4. The second-order valence-corrected chi connectivity index (χ2v) is 6.65. The molecule has 1 aliphatic rings. The average Bonchev–Trinajstić information content (AvgIpc) is 3.20. The molecule has 0 bridgehead atoms. The standard InChI is InChI=1S/C21H20N6O5/c1-22-20(28)18-11-14(7-8-23-18)32-13-4-6-15-17(10-13)26-21(24-15)25-16-5-3-12(27(29)30)9-19(16)31-2/h3-11,22-23,28H,1-2H3,(H2,24,25,26)/p-1. The largest absolute Gasteiger partial charge is 0.859 e. The van der Waals surface area contributed by atoms with Gasteiger partial charge in [-0.15, -0.1) is 0 Å². The fourth-order valence-corrected chi connectivity index (χ4v) is 3.05. The van der Waals surface area contributed by atoms with Crippen LogP contribution in [0.1, 0.15) is 0 Å². The summed E-state index contributed by atoms with van der Waals surface area (Å²) in [7, 11) is 2.98. The van der Waals surface area contributed by atoms with Gasteiger partial charge in [0, 0.05) is 37.2 Å². The van der Waals surface area contributed by atoms with Crippen molar-refractivity contribution in [1.29, 1.82) is 0 Å². The Balaban J connectivity index is 1.56. The Kier molecular flexibility index (Phi) is 5.53. The van der Waals surface area contributed by atoms with Crippen molar-refractivity contribution in [3.63, 3.8) is 0 Å². The summed E-state index contributed by atoms with van der Waals surface area (Å²) in [6, 6.07) is 9.58. The van der Waals surface area contributed by atoms with Gasteiger partial charge in [-0.05, 0) is 30.2 Å². The van der Waals surface area contributed by atoms with E-state index in [9.17, 15) is 15.2 Å². The number of hydrogen-bond acceptors (Lipinski definition) is 9. The van der Waals surface area contributed by atoms with Crippen LogP contribution in [0, 0.1) is 10.1 Å². The van der Waals surface area contributed by atoms with Crippen LogP contribution in [0.4, 0.5) is 17.3 Å². The Labute approximate surface area is 182 Å². The summed E-state index contributed by atoms with van der Waals surface area (Å²) in [5.41, 5.74) is 2.22. The van der Waals surface area contributed by atoms with Crippen LogP contribution in [-0.4, -0.2) is 29.0 Å². The van der Waals surface area contributed by atoms with E-state index in [-0.39, 0.29) is 11.6 Å². The van der Waals surface area contributed by atoms with Crippen molar-refractivity contribution in [1.82, 2.24) is 20.6 Å². The molecule has 32 heavy (non-hydrogen) atoms. The Bertz CT molecular complexity index is 1280. The number of nitro benzene ring substituents is 1. The summed E-state index contributed by atoms with van der Waals surface area (Å²) in [4.78, 5) is 18.1. The highest BCUT2D eigenvalue weighted by molar-refractivity contribution is 5.80. The summed E-state index contributed by atoms with van der Waals surface area (Å²) in [6.45, 7) is 0. The highest BCUT2D eigenvalue weighted by atomic mass is 16.6. The van der Waals surface area contributed by atoms with E-state index in [0.29, 0.717) is 45.6 Å². The minimum Gasteiger partial charge on any atom is -0.859 e. The van der Waals surface area contributed by atoms with Crippen LogP contribution in [0.5, 0.6) is 11.5 Å². The van der Waals surface area contributed by atoms with Crippen LogP contribution in [0.25, 0.3) is 11.0 Å². The SMILES string of the molecule is CNC([O-])=C1C=C(Oc2ccc3nc(Nc4ccc([N+](=O)[O-])cc4OC)[nH]c3c2)C=CN1. The number of nitro groups is 1. The molecule has 0 spiro atoms. The number of imidazole rings is 1. The third kappa shape index (κ3) is 4.26. The lowest BCUT2D eigenvalue weighted by atomic mass is 10.2. The highest BCUT2D eigenvalue weighted by Gasteiger charge is 2.13. The molecule has 164 valence electrons. The topological polar surface area (TPSA) is 149 Å². The number of non-ortho nitro benzene ring substituents is 1. The molecule has 4 rings (SSSR count). The molecule has 11 heteroatoms. The number of aromatic nitrogens is 2. The van der Waals surface area contributed by atoms with Crippen molar-refractivity contribution in [2.24, 2.45) is 0 Å². The monoisotopic (exact) mass is 435 g/mol. The lowest BCUT2D eigenvalue weighted by Crippen LogP contribution is -2.26. The van der Waals surface area contributed by atoms with Gasteiger partial charge in [0.2, 0.25) is 5.95 Å². The van der Waals surface area contributed by atoms with Crippen molar-refractivity contribution < 1.29 is 19.5 Å². The third-order valence-electron chi connectivity index (χ3n) is 4.58. The molecule has 0 saturated carbocycles. The zero-order chi connectivity index (χ0) is 22.7. The van der Waals surface area contributed by atoms with Gasteiger partial charge in [0.15, 0.2) is 0 Å². The molecule has 2 heterocycles. The second-order valence-electron chi connectivity index (χ2n) is 6.65. The predicted octanol–water partition coefficient (Wildman–Crippen LogP) is 2.35. The zero-order valence-corrected chi connectivity index (χ0v) is 17.1. The Morgan fingerprint density at radius 3 is 2.81 bits per heavy atom. The lowest BCUT2D eigenvalue weighted by Gasteiger charge is -2.19. The molecule has 3 aromatic rings. The number of aromatic amines is 1. The van der Waals surface area contributed by atoms with Crippen molar-refractivity contribution in [2.75, 3.05) is 19.5 Å². The van der Waals surface area contributed by atoms with Crippen LogP contribution in [0.2, 0.25) is 0 Å². The molecule has 0 radical (unpaired) electrons. The van der Waals surface area contributed by atoms with E-state index in [1.54, 1.807) is 49.7 Å². The number of rotatable bonds is 7. The van der Waals surface area contributed by atoms with Crippen LogP contribution in [-0.2, 0) is 0 Å². The predicted molar refractivity (Wildman–Crippen MR) is 116 cm³/mol. The molecule has 1 aromatic heterocycles. The Morgan fingerprint density at radius 1 is 1.22 bits per heavy atom. The summed E-state index contributed by atoms with van der Waals surface area (Å²) >= 11 is 0. The van der Waals surface area contributed by atoms with Gasteiger partial charge in [-0.1, -0.05) is 0 Å². The van der Waals surface area contributed by atoms with Gasteiger partial charge in [-0.25, -0.2) is 4.98 Å². The van der Waals surface area contributed by atoms with Crippen molar-refractivity contribution in [2.45, 2.75) is 0 Å². The molecule has 4 N–H and O–H groups in total. The van der Waals surface area contributed by atoms with Gasteiger partial charge in [0.05, 0.1) is 34.8 Å². The van der Waals surface area contributed by atoms with Gasteiger partial charge < -0.3 is 35.5 Å². The first-order valence-corrected chi connectivity index (χ1v) is 9.47. The van der Waals surface area contributed by atoms with Crippen LogP contribution in [0.3, 0.4) is 0 Å². The zero-order valence-electron chi connectivity index (χ0n) is 17.1. The maximum atomic E-state index is 11.8. The number of allylic oxidation sites excluding steroid dienone is 2. The summed E-state index contributed by atoms with van der Waals surface area (Å²) in [5.74, 6) is 1.54. The fourth-order valence-electron chi connectivity index (χ4n) is 3.05. The first-order chi connectivity index (χ1) is 15.5. The normalized spacial score (nSPS) is 14.4. The summed E-state index contributed by atoms with van der Waals surface area (Å²) in [5, 5.41) is 31.2. The molecule has 0 atom stereocenters. The smallest absolute Gasteiger partial charge is 0.273 e. The van der Waals surface area contributed by atoms with Gasteiger partial charge >= 0.3 is 0 Å². The van der Waals surface area contributed by atoms with E-state index < -0.39 is 4.92 Å². The van der Waals surface area contributed by atoms with E-state index in [2.05, 4.69) is 25.9 Å². The van der Waals surface area contributed by atoms with E-state index in [1.807, 2.05) is 0 Å². The third-order valence-corrected chi connectivity index (χ3v) is 4.58. The number of ether oxygens (including phenoxy) is 2. The van der Waals surface area contributed by atoms with Crippen molar-refractivity contribution >= 4 is 28.4 Å². The number of fused-ring (bicyclic) bond motifs is 1. The summed E-state index contributed by atoms with van der Waals surface area (Å²) < 4.78 is 11.1. The number of methoxy groups -OCH3 is 1. The first-order valence-electron chi connectivity index (χ1n) is 9.47. The van der Waals surface area contributed by atoms with E-state index >= 15 is 0 Å². The fraction of sp³-hybridized carbons (Fsp3) is 0.0952. The van der Waals surface area contributed by atoms with E-state index in [4.69, 9.17) is 9.47 Å². The van der Waals surface area contributed by atoms with Gasteiger partial charge in [0.25, 0.3) is 5.69 Å². The molecule has 11 nitrogen and oxygen atoms in total. The van der Waals surface area contributed by atoms with Gasteiger partial charge in [-0.2, -0.15) is 0 Å². The van der Waals surface area contributed by atoms with E-state index in [1.165, 1.54) is 19.2 Å². The molecular weight excluding hydrogens is 416 g/mol. The number of hydrogen-bond donors (Lipinski definition) is 4. The molecule has 2 aromatic carbocycles. The maximum Gasteiger partial charge on any atom is 0.273 e. The summed E-state index contributed by atoms with van der Waals surface area (Å²) in [6.07, 6.45) is 4.93. The quantitative estimate of drug-likeness (QED) is 0.249. The maximum absolute atomic E-state index is 11.8. The molecule has 0 aliphatic carbocycles. The molecule has 1 aliphatic heterocycles. The van der Waals surface area contributed by atoms with Crippen LogP contribution >= 0.6 is 0 Å². The molecular formula is C21H19N6O5-. The van der Waals surface area contributed by atoms with Crippen molar-refractivity contribution in [3.8, 4) is 11.5 Å². The molecule has 0 unspecified atom stereocenters. The van der Waals surface area contributed by atoms with Gasteiger partial charge in [0.1, 0.15) is 17.3 Å². The highest BCUT2D eigenvalue weighted by Crippen LogP contribution is 2.31. The Morgan fingerprint density at radius 2 is 2.06 bits per heavy atom.